The summed E-state index contributed by atoms with van der Waals surface area (Å²) in [6.45, 7) is 0. The maximum atomic E-state index is 13.1. The first-order valence-corrected chi connectivity index (χ1v) is 6.91. The predicted octanol–water partition coefficient (Wildman–Crippen LogP) is 2.30. The van der Waals surface area contributed by atoms with Crippen molar-refractivity contribution in [1.82, 2.24) is 0 Å². The lowest BCUT2D eigenvalue weighted by Crippen LogP contribution is -2.14. The number of carbonyl (C=O) groups is 1. The molecular weight excluding hydrogens is 285 g/mol. The molecule has 0 aliphatic carbocycles. The van der Waals surface area contributed by atoms with Crippen LogP contribution >= 0.6 is 0 Å². The molecule has 0 spiro atoms. The van der Waals surface area contributed by atoms with Gasteiger partial charge >= 0.3 is 10.2 Å². The number of hydrogen-bond acceptors (Lipinski definition) is 4. The first-order valence-electron chi connectivity index (χ1n) is 5.52. The first-order chi connectivity index (χ1) is 9.39. The van der Waals surface area contributed by atoms with Crippen LogP contribution in [0.1, 0.15) is 10.4 Å². The van der Waals surface area contributed by atoms with E-state index >= 15 is 0 Å². The third-order valence-electron chi connectivity index (χ3n) is 2.55. The minimum absolute atomic E-state index is 0.0430. The summed E-state index contributed by atoms with van der Waals surface area (Å²) in [5.74, 6) is -0.996. The molecule has 104 valence electrons. The fourth-order valence-corrected chi connectivity index (χ4v) is 2.26. The van der Waals surface area contributed by atoms with Gasteiger partial charge in [-0.05, 0) is 24.3 Å². The Kier molecular flexibility index (Phi) is 3.71. The van der Waals surface area contributed by atoms with E-state index in [2.05, 4.69) is 5.32 Å². The third-order valence-corrected chi connectivity index (χ3v) is 3.43. The molecule has 0 aliphatic heterocycles. The third kappa shape index (κ3) is 2.94. The number of halogens is 1. The van der Waals surface area contributed by atoms with Crippen LogP contribution in [0.15, 0.2) is 53.4 Å². The summed E-state index contributed by atoms with van der Waals surface area (Å²) >= 11 is 0. The van der Waals surface area contributed by atoms with Gasteiger partial charge in [0.2, 0.25) is 0 Å². The number of nitrogens with one attached hydrogen (secondary N) is 1. The van der Waals surface area contributed by atoms with Crippen LogP contribution in [0, 0.1) is 0 Å². The number of para-hydroxylation sites is 2. The van der Waals surface area contributed by atoms with Crippen molar-refractivity contribution >= 4 is 21.8 Å². The van der Waals surface area contributed by atoms with Crippen molar-refractivity contribution in [3.05, 3.63) is 54.1 Å². The number of phenols is 1. The summed E-state index contributed by atoms with van der Waals surface area (Å²) in [4.78, 5) is 11.3. The maximum Gasteiger partial charge on any atom is 0.334 e. The number of hydrogen-bond donors (Lipinski definition) is 2. The Morgan fingerprint density at radius 2 is 1.65 bits per heavy atom. The first kappa shape index (κ1) is 14.0. The van der Waals surface area contributed by atoms with Gasteiger partial charge in [0.05, 0.1) is 11.3 Å². The molecule has 0 unspecified atom stereocenters. The Bertz CT molecular complexity index is 758. The zero-order valence-corrected chi connectivity index (χ0v) is 10.9. The summed E-state index contributed by atoms with van der Waals surface area (Å²) in [6.07, 6.45) is 0. The van der Waals surface area contributed by atoms with Gasteiger partial charge in [-0.2, -0.15) is 8.42 Å². The molecule has 5 nitrogen and oxygen atoms in total. The summed E-state index contributed by atoms with van der Waals surface area (Å²) in [7, 11) is -4.95. The molecule has 2 N–H and O–H groups in total. The molecule has 2 aromatic rings. The van der Waals surface area contributed by atoms with Gasteiger partial charge in [-0.3, -0.25) is 4.79 Å². The lowest BCUT2D eigenvalue weighted by Gasteiger charge is -2.09. The van der Waals surface area contributed by atoms with Gasteiger partial charge in [0, 0.05) is 0 Å². The van der Waals surface area contributed by atoms with Gasteiger partial charge in [-0.1, -0.05) is 24.3 Å². The number of carbonyl (C=O) groups excluding carboxylic acids is 1. The Hall–Kier alpha value is -2.41. The molecular formula is C13H10FNO4S. The summed E-state index contributed by atoms with van der Waals surface area (Å²) in [5, 5.41) is 11.8. The van der Waals surface area contributed by atoms with E-state index in [-0.39, 0.29) is 17.0 Å². The average Bonchev–Trinajstić information content (AvgIpc) is 2.38. The van der Waals surface area contributed by atoms with Crippen LogP contribution in [-0.4, -0.2) is 19.4 Å². The minimum Gasteiger partial charge on any atom is -0.507 e. The van der Waals surface area contributed by atoms with Crippen LogP contribution in [0.2, 0.25) is 0 Å². The van der Waals surface area contributed by atoms with Crippen LogP contribution in [0.4, 0.5) is 9.57 Å². The van der Waals surface area contributed by atoms with Crippen LogP contribution in [0.25, 0.3) is 0 Å². The number of rotatable bonds is 3. The average molecular weight is 295 g/mol. The van der Waals surface area contributed by atoms with E-state index in [1.54, 1.807) is 0 Å². The Labute approximate surface area is 114 Å². The van der Waals surface area contributed by atoms with E-state index in [0.717, 1.165) is 6.07 Å². The van der Waals surface area contributed by atoms with E-state index in [0.29, 0.717) is 0 Å². The van der Waals surface area contributed by atoms with Gasteiger partial charge in [-0.15, -0.1) is 3.89 Å². The van der Waals surface area contributed by atoms with E-state index < -0.39 is 21.0 Å². The quantitative estimate of drug-likeness (QED) is 0.851. The molecule has 0 atom stereocenters. The van der Waals surface area contributed by atoms with E-state index in [1.807, 2.05) is 0 Å². The monoisotopic (exact) mass is 295 g/mol. The second-order valence-corrected chi connectivity index (χ2v) is 5.22. The van der Waals surface area contributed by atoms with Crippen molar-refractivity contribution in [3.63, 3.8) is 0 Å². The highest BCUT2D eigenvalue weighted by Gasteiger charge is 2.19. The topological polar surface area (TPSA) is 83.5 Å². The Morgan fingerprint density at radius 3 is 2.30 bits per heavy atom. The highest BCUT2D eigenvalue weighted by atomic mass is 32.3. The van der Waals surface area contributed by atoms with Crippen LogP contribution in [-0.2, 0) is 10.2 Å². The lowest BCUT2D eigenvalue weighted by molar-refractivity contribution is 0.102. The van der Waals surface area contributed by atoms with Crippen molar-refractivity contribution in [1.29, 1.82) is 0 Å². The Morgan fingerprint density at radius 1 is 1.05 bits per heavy atom. The van der Waals surface area contributed by atoms with E-state index in [4.69, 9.17) is 0 Å². The number of amides is 1. The summed E-state index contributed by atoms with van der Waals surface area (Å²) in [6, 6.07) is 10.8. The largest absolute Gasteiger partial charge is 0.507 e. The van der Waals surface area contributed by atoms with Gasteiger partial charge in [0.25, 0.3) is 5.91 Å². The smallest absolute Gasteiger partial charge is 0.334 e. The zero-order valence-electron chi connectivity index (χ0n) is 10.1. The van der Waals surface area contributed by atoms with Crippen LogP contribution in [0.3, 0.4) is 0 Å². The molecule has 2 aromatic carbocycles. The number of benzene rings is 2. The molecule has 0 saturated carbocycles. The van der Waals surface area contributed by atoms with Crippen molar-refractivity contribution in [2.45, 2.75) is 4.90 Å². The molecule has 20 heavy (non-hydrogen) atoms. The molecule has 0 radical (unpaired) electrons. The van der Waals surface area contributed by atoms with Crippen LogP contribution < -0.4 is 5.32 Å². The second-order valence-electron chi connectivity index (χ2n) is 3.91. The fourth-order valence-electron chi connectivity index (χ4n) is 1.64. The standard InChI is InChI=1S/C13H10FNO4S/c14-20(18,19)12-8-4-2-6-10(12)15-13(17)9-5-1-3-7-11(9)16/h1-8,16H,(H,15,17). The van der Waals surface area contributed by atoms with E-state index in [1.165, 1.54) is 42.5 Å². The summed E-state index contributed by atoms with van der Waals surface area (Å²) in [5.41, 5.74) is -0.234. The molecule has 0 heterocycles. The molecule has 0 fully saturated rings. The zero-order chi connectivity index (χ0) is 14.8. The number of phenolic OH excluding ortho intramolecular Hbond substituents is 1. The van der Waals surface area contributed by atoms with Crippen molar-refractivity contribution in [2.75, 3.05) is 5.32 Å². The normalized spacial score (nSPS) is 11.1. The van der Waals surface area contributed by atoms with Gasteiger partial charge in [-0.25, -0.2) is 0 Å². The molecule has 2 rings (SSSR count). The molecule has 0 bridgehead atoms. The van der Waals surface area contributed by atoms with Crippen LogP contribution in [0.5, 0.6) is 5.75 Å². The summed E-state index contributed by atoms with van der Waals surface area (Å²) < 4.78 is 35.0. The minimum atomic E-state index is -4.95. The second kappa shape index (κ2) is 5.30. The fraction of sp³-hybridized carbons (Fsp3) is 0. The molecule has 0 aromatic heterocycles. The van der Waals surface area contributed by atoms with Gasteiger partial charge in [0.15, 0.2) is 0 Å². The number of aromatic hydroxyl groups is 1. The van der Waals surface area contributed by atoms with Crippen molar-refractivity contribution in [2.24, 2.45) is 0 Å². The van der Waals surface area contributed by atoms with Crippen molar-refractivity contribution in [3.8, 4) is 5.75 Å². The van der Waals surface area contributed by atoms with Gasteiger partial charge in [0.1, 0.15) is 10.6 Å². The molecule has 1 amide bonds. The lowest BCUT2D eigenvalue weighted by atomic mass is 10.2. The Balaban J connectivity index is 2.37. The number of anilines is 1. The predicted molar refractivity (Wildman–Crippen MR) is 70.8 cm³/mol. The highest BCUT2D eigenvalue weighted by molar-refractivity contribution is 7.86. The maximum absolute atomic E-state index is 13.1. The molecule has 7 heteroatoms. The van der Waals surface area contributed by atoms with Gasteiger partial charge < -0.3 is 10.4 Å². The SMILES string of the molecule is O=C(Nc1ccccc1S(=O)(=O)F)c1ccccc1O. The van der Waals surface area contributed by atoms with E-state index in [9.17, 15) is 22.2 Å². The molecule has 0 saturated heterocycles. The van der Waals surface area contributed by atoms with Crippen molar-refractivity contribution < 1.29 is 22.2 Å². The highest BCUT2D eigenvalue weighted by Crippen LogP contribution is 2.24. The molecule has 0 aliphatic rings.